The van der Waals surface area contributed by atoms with Gasteiger partial charge in [-0.25, -0.2) is 14.4 Å². The van der Waals surface area contributed by atoms with E-state index in [1.807, 2.05) is 0 Å². The zero-order chi connectivity index (χ0) is 13.3. The highest BCUT2D eigenvalue weighted by molar-refractivity contribution is 6.00. The predicted octanol–water partition coefficient (Wildman–Crippen LogP) is 2.29. The molecule has 0 saturated heterocycles. The molecule has 1 aliphatic rings. The first-order valence-corrected chi connectivity index (χ1v) is 6.04. The first-order valence-electron chi connectivity index (χ1n) is 6.04. The van der Waals surface area contributed by atoms with Crippen molar-refractivity contribution in [3.63, 3.8) is 0 Å². The van der Waals surface area contributed by atoms with Crippen LogP contribution >= 0.6 is 0 Å². The van der Waals surface area contributed by atoms with Crippen molar-refractivity contribution in [2.45, 2.75) is 18.3 Å². The molecule has 0 atom stereocenters. The molecule has 1 saturated carbocycles. The Morgan fingerprint density at radius 1 is 1.21 bits per heavy atom. The lowest BCUT2D eigenvalue weighted by molar-refractivity contribution is -0.118. The van der Waals surface area contributed by atoms with E-state index in [4.69, 9.17) is 0 Å². The van der Waals surface area contributed by atoms with E-state index in [9.17, 15) is 9.18 Å². The number of hydrogen-bond donors (Lipinski definition) is 1. The fourth-order valence-electron chi connectivity index (χ4n) is 2.14. The van der Waals surface area contributed by atoms with Crippen LogP contribution in [0.4, 0.5) is 10.2 Å². The van der Waals surface area contributed by atoms with E-state index in [1.165, 1.54) is 18.5 Å². The molecule has 1 N–H and O–H groups in total. The van der Waals surface area contributed by atoms with Crippen molar-refractivity contribution in [3.05, 3.63) is 54.2 Å². The van der Waals surface area contributed by atoms with Gasteiger partial charge in [0.25, 0.3) is 0 Å². The Labute approximate surface area is 109 Å². The normalized spacial score (nSPS) is 15.8. The topological polar surface area (TPSA) is 54.9 Å². The maximum atomic E-state index is 12.9. The molecule has 3 rings (SSSR count). The summed E-state index contributed by atoms with van der Waals surface area (Å²) >= 11 is 0. The van der Waals surface area contributed by atoms with E-state index in [-0.39, 0.29) is 11.7 Å². The lowest BCUT2D eigenvalue weighted by Crippen LogP contribution is -2.28. The SMILES string of the molecule is O=C(Nc1ccncn1)C1(c2ccc(F)cc2)CC1. The molecule has 1 aromatic carbocycles. The number of carbonyl (C=O) groups excluding carboxylic acids is 1. The van der Waals surface area contributed by atoms with Gasteiger partial charge in [-0.3, -0.25) is 4.79 Å². The zero-order valence-electron chi connectivity index (χ0n) is 10.1. The van der Waals surface area contributed by atoms with Crippen LogP contribution in [0.5, 0.6) is 0 Å². The van der Waals surface area contributed by atoms with E-state index in [2.05, 4.69) is 15.3 Å². The van der Waals surface area contributed by atoms with Crippen LogP contribution in [0.25, 0.3) is 0 Å². The van der Waals surface area contributed by atoms with Gasteiger partial charge in [0.1, 0.15) is 18.0 Å². The van der Waals surface area contributed by atoms with E-state index in [0.717, 1.165) is 18.4 Å². The monoisotopic (exact) mass is 257 g/mol. The van der Waals surface area contributed by atoms with Crippen molar-refractivity contribution in [2.75, 3.05) is 5.32 Å². The third kappa shape index (κ3) is 2.19. The Bertz CT molecular complexity index is 594. The van der Waals surface area contributed by atoms with Gasteiger partial charge < -0.3 is 5.32 Å². The van der Waals surface area contributed by atoms with Crippen LogP contribution in [-0.2, 0) is 10.2 Å². The largest absolute Gasteiger partial charge is 0.310 e. The summed E-state index contributed by atoms with van der Waals surface area (Å²) in [5, 5.41) is 2.77. The van der Waals surface area contributed by atoms with Crippen LogP contribution in [0.15, 0.2) is 42.9 Å². The molecule has 96 valence electrons. The summed E-state index contributed by atoms with van der Waals surface area (Å²) in [4.78, 5) is 20.1. The second-order valence-electron chi connectivity index (χ2n) is 4.64. The molecule has 0 bridgehead atoms. The molecule has 1 aromatic heterocycles. The summed E-state index contributed by atoms with van der Waals surface area (Å²) in [6.45, 7) is 0. The number of nitrogens with zero attached hydrogens (tertiary/aromatic N) is 2. The third-order valence-electron chi connectivity index (χ3n) is 3.41. The van der Waals surface area contributed by atoms with Crippen molar-refractivity contribution in [2.24, 2.45) is 0 Å². The molecular formula is C14H12FN3O. The summed E-state index contributed by atoms with van der Waals surface area (Å²) in [5.41, 5.74) is 0.319. The van der Waals surface area contributed by atoms with Gasteiger partial charge in [0.15, 0.2) is 0 Å². The highest BCUT2D eigenvalue weighted by Gasteiger charge is 2.51. The number of amides is 1. The van der Waals surface area contributed by atoms with Gasteiger partial charge >= 0.3 is 0 Å². The van der Waals surface area contributed by atoms with Crippen LogP contribution in [0, 0.1) is 5.82 Å². The Morgan fingerprint density at radius 2 is 1.95 bits per heavy atom. The minimum Gasteiger partial charge on any atom is -0.310 e. The molecule has 19 heavy (non-hydrogen) atoms. The molecule has 2 aromatic rings. The Kier molecular flexibility index (Phi) is 2.74. The molecule has 1 heterocycles. The van der Waals surface area contributed by atoms with Crippen molar-refractivity contribution < 1.29 is 9.18 Å². The van der Waals surface area contributed by atoms with Crippen molar-refractivity contribution >= 4 is 11.7 Å². The summed E-state index contributed by atoms with van der Waals surface area (Å²) in [5.74, 6) is 0.0851. The molecule has 1 aliphatic carbocycles. The molecule has 5 heteroatoms. The van der Waals surface area contributed by atoms with Crippen molar-refractivity contribution in [1.82, 2.24) is 9.97 Å². The fourth-order valence-corrected chi connectivity index (χ4v) is 2.14. The minimum absolute atomic E-state index is 0.0993. The van der Waals surface area contributed by atoms with Crippen LogP contribution in [0.2, 0.25) is 0 Å². The van der Waals surface area contributed by atoms with Gasteiger partial charge in [0, 0.05) is 6.20 Å². The van der Waals surface area contributed by atoms with Gasteiger partial charge in [-0.15, -0.1) is 0 Å². The van der Waals surface area contributed by atoms with E-state index < -0.39 is 5.41 Å². The maximum absolute atomic E-state index is 12.9. The lowest BCUT2D eigenvalue weighted by Gasteiger charge is -2.15. The first-order chi connectivity index (χ1) is 9.21. The number of benzene rings is 1. The summed E-state index contributed by atoms with van der Waals surface area (Å²) in [7, 11) is 0. The van der Waals surface area contributed by atoms with E-state index in [0.29, 0.717) is 5.82 Å². The number of hydrogen-bond acceptors (Lipinski definition) is 3. The summed E-state index contributed by atoms with van der Waals surface area (Å²) in [6.07, 6.45) is 4.50. The number of rotatable bonds is 3. The first kappa shape index (κ1) is 11.8. The molecule has 4 nitrogen and oxygen atoms in total. The summed E-state index contributed by atoms with van der Waals surface area (Å²) < 4.78 is 12.9. The van der Waals surface area contributed by atoms with Crippen LogP contribution in [0.3, 0.4) is 0 Å². The zero-order valence-corrected chi connectivity index (χ0v) is 10.1. The molecule has 1 fully saturated rings. The quantitative estimate of drug-likeness (QED) is 0.917. The predicted molar refractivity (Wildman–Crippen MR) is 68.0 cm³/mol. The van der Waals surface area contributed by atoms with Gasteiger partial charge in [-0.2, -0.15) is 0 Å². The molecule has 0 spiro atoms. The average molecular weight is 257 g/mol. The number of halogens is 1. The Hall–Kier alpha value is -2.30. The molecule has 1 amide bonds. The van der Waals surface area contributed by atoms with Gasteiger partial charge in [-0.1, -0.05) is 12.1 Å². The van der Waals surface area contributed by atoms with Gasteiger partial charge in [0.05, 0.1) is 5.41 Å². The number of nitrogens with one attached hydrogen (secondary N) is 1. The molecular weight excluding hydrogens is 245 g/mol. The van der Waals surface area contributed by atoms with Gasteiger partial charge in [0.2, 0.25) is 5.91 Å². The standard InChI is InChI=1S/C14H12FN3O/c15-11-3-1-10(2-4-11)14(6-7-14)13(19)18-12-5-8-16-9-17-12/h1-5,8-9H,6-7H2,(H,16,17,18,19). The lowest BCUT2D eigenvalue weighted by atomic mass is 9.95. The summed E-state index contributed by atoms with van der Waals surface area (Å²) in [6, 6.07) is 7.74. The number of anilines is 1. The second-order valence-corrected chi connectivity index (χ2v) is 4.64. The fraction of sp³-hybridized carbons (Fsp3) is 0.214. The average Bonchev–Trinajstić information content (AvgIpc) is 3.22. The third-order valence-corrected chi connectivity index (χ3v) is 3.41. The van der Waals surface area contributed by atoms with Gasteiger partial charge in [-0.05, 0) is 36.6 Å². The molecule has 0 aliphatic heterocycles. The highest BCUT2D eigenvalue weighted by Crippen LogP contribution is 2.48. The van der Waals surface area contributed by atoms with Crippen molar-refractivity contribution in [3.8, 4) is 0 Å². The second kappa shape index (κ2) is 4.42. The van der Waals surface area contributed by atoms with Crippen LogP contribution in [-0.4, -0.2) is 15.9 Å². The number of carbonyl (C=O) groups is 1. The maximum Gasteiger partial charge on any atom is 0.236 e. The minimum atomic E-state index is -0.529. The van der Waals surface area contributed by atoms with E-state index in [1.54, 1.807) is 24.4 Å². The Balaban J connectivity index is 1.81. The van der Waals surface area contributed by atoms with Crippen LogP contribution in [0.1, 0.15) is 18.4 Å². The van der Waals surface area contributed by atoms with E-state index >= 15 is 0 Å². The highest BCUT2D eigenvalue weighted by atomic mass is 19.1. The van der Waals surface area contributed by atoms with Crippen molar-refractivity contribution in [1.29, 1.82) is 0 Å². The Morgan fingerprint density at radius 3 is 2.53 bits per heavy atom. The van der Waals surface area contributed by atoms with Crippen LogP contribution < -0.4 is 5.32 Å². The smallest absolute Gasteiger partial charge is 0.236 e. The molecule has 0 unspecified atom stereocenters. The number of aromatic nitrogens is 2. The molecule has 0 radical (unpaired) electrons.